The number of carbonyl (C=O) groups excluding carboxylic acids is 2. The zero-order chi connectivity index (χ0) is 28.7. The maximum absolute atomic E-state index is 13.0. The normalized spacial score (nSPS) is 19.3. The smallest absolute Gasteiger partial charge is 0.352 e. The summed E-state index contributed by atoms with van der Waals surface area (Å²) in [5.74, 6) is -2.54. The van der Waals surface area contributed by atoms with Crippen LogP contribution in [0.3, 0.4) is 0 Å². The van der Waals surface area contributed by atoms with Crippen LogP contribution in [-0.4, -0.2) is 60.9 Å². The Bertz CT molecular complexity index is 1710. The van der Waals surface area contributed by atoms with Crippen molar-refractivity contribution in [2.75, 3.05) is 11.5 Å². The van der Waals surface area contributed by atoms with Gasteiger partial charge in [-0.15, -0.1) is 45.8 Å². The van der Waals surface area contributed by atoms with E-state index >= 15 is 0 Å². The molecule has 2 aliphatic rings. The van der Waals surface area contributed by atoms with Crippen molar-refractivity contribution in [3.05, 3.63) is 60.0 Å². The molecule has 0 aliphatic carbocycles. The van der Waals surface area contributed by atoms with Gasteiger partial charge in [-0.05, 0) is 23.1 Å². The van der Waals surface area contributed by atoms with Gasteiger partial charge in [0.15, 0.2) is 16.3 Å². The maximum atomic E-state index is 13.0. The summed E-state index contributed by atoms with van der Waals surface area (Å²) in [5.41, 5.74) is 11.5. The topological polar surface area (TPSA) is 201 Å². The van der Waals surface area contributed by atoms with Gasteiger partial charge in [0, 0.05) is 23.2 Å². The van der Waals surface area contributed by atoms with Crippen molar-refractivity contribution in [2.45, 2.75) is 22.2 Å². The fraction of sp³-hybridized carbons (Fsp3) is 0.182. The minimum absolute atomic E-state index is 0.0312. The number of nitrogens with two attached hydrogens (primary N) is 2. The number of halogens is 1. The number of nitrogen functional groups attached to an aromatic ring is 1. The first-order chi connectivity index (χ1) is 19.1. The van der Waals surface area contributed by atoms with Gasteiger partial charge in [0.25, 0.3) is 11.8 Å². The van der Waals surface area contributed by atoms with Crippen LogP contribution in [0.1, 0.15) is 11.3 Å². The Labute approximate surface area is 250 Å². The number of thioether (sulfide) groups is 2. The number of thiazole rings is 1. The molecule has 0 bridgehead atoms. The fourth-order valence-corrected chi connectivity index (χ4v) is 9.84. The molecule has 40 heavy (non-hydrogen) atoms. The van der Waals surface area contributed by atoms with E-state index in [-0.39, 0.29) is 34.2 Å². The highest BCUT2D eigenvalue weighted by atomic mass is 35.5. The molecule has 1 saturated heterocycles. The summed E-state index contributed by atoms with van der Waals surface area (Å²) in [6.45, 7) is 0.0312. The molecular weight excluding hydrogens is 640 g/mol. The van der Waals surface area contributed by atoms with E-state index < -0.39 is 34.9 Å². The third-order valence-corrected chi connectivity index (χ3v) is 11.5. The van der Waals surface area contributed by atoms with Crippen molar-refractivity contribution in [3.63, 3.8) is 0 Å². The molecule has 5 heterocycles. The van der Waals surface area contributed by atoms with Gasteiger partial charge < -0.3 is 27.1 Å². The van der Waals surface area contributed by atoms with E-state index in [9.17, 15) is 29.5 Å². The van der Waals surface area contributed by atoms with E-state index in [1.807, 2.05) is 0 Å². The van der Waals surface area contributed by atoms with E-state index in [1.165, 1.54) is 51.6 Å². The first-order valence-electron chi connectivity index (χ1n) is 11.1. The van der Waals surface area contributed by atoms with Gasteiger partial charge in [0.1, 0.15) is 22.8 Å². The number of carbonyl (C=O) groups is 3. The Balaban J connectivity index is 1.34. The summed E-state index contributed by atoms with van der Waals surface area (Å²) in [6, 6.07) is 0.587. The average molecular weight is 657 g/mol. The third-order valence-electron chi connectivity index (χ3n) is 5.83. The van der Waals surface area contributed by atoms with Crippen LogP contribution in [0.15, 0.2) is 48.4 Å². The van der Waals surface area contributed by atoms with Crippen LogP contribution >= 0.6 is 69.1 Å². The predicted octanol–water partition coefficient (Wildman–Crippen LogP) is 2.70. The monoisotopic (exact) mass is 656 g/mol. The summed E-state index contributed by atoms with van der Waals surface area (Å²) in [7, 11) is 0. The summed E-state index contributed by atoms with van der Waals surface area (Å²) in [6.07, 6.45) is 1.59. The number of fused-ring (bicyclic) bond motifs is 2. The molecule has 12 nitrogen and oxygen atoms in total. The van der Waals surface area contributed by atoms with Crippen LogP contribution in [0.4, 0.5) is 5.13 Å². The molecule has 7 N–H and O–H groups in total. The van der Waals surface area contributed by atoms with Gasteiger partial charge in [0.05, 0.1) is 17.9 Å². The number of amides is 2. The van der Waals surface area contributed by atoms with Crippen molar-refractivity contribution in [1.82, 2.24) is 15.2 Å². The molecule has 0 aromatic carbocycles. The number of thiophene rings is 1. The maximum Gasteiger partial charge on any atom is 0.352 e. The summed E-state index contributed by atoms with van der Waals surface area (Å²) >= 11 is 12.3. The number of hydrogen-bond donors (Lipinski definition) is 5. The zero-order valence-corrected chi connectivity index (χ0v) is 24.7. The highest BCUT2D eigenvalue weighted by Crippen LogP contribution is 2.42. The number of aromatic nitrogens is 1. The highest BCUT2D eigenvalue weighted by molar-refractivity contribution is 8.04. The Morgan fingerprint density at radius 1 is 1.35 bits per heavy atom. The van der Waals surface area contributed by atoms with Crippen LogP contribution < -0.4 is 22.2 Å². The zero-order valence-electron chi connectivity index (χ0n) is 19.8. The lowest BCUT2D eigenvalue weighted by Crippen LogP contribution is -2.71. The molecule has 1 unspecified atom stereocenters. The molecule has 3 aromatic heterocycles. The molecule has 3 aromatic rings. The van der Waals surface area contributed by atoms with E-state index in [4.69, 9.17) is 23.1 Å². The molecule has 18 heteroatoms. The number of aliphatic carboxylic acids is 1. The van der Waals surface area contributed by atoms with Gasteiger partial charge in [-0.1, -0.05) is 28.5 Å². The molecule has 2 amide bonds. The van der Waals surface area contributed by atoms with Gasteiger partial charge in [0.2, 0.25) is 0 Å². The molecule has 0 radical (unpaired) electrons. The number of allylic oxidation sites excluding steroid dienone is 1. The molecule has 2 atom stereocenters. The minimum Gasteiger partial charge on any atom is -0.477 e. The first-order valence-corrected chi connectivity index (χ1v) is 15.9. The summed E-state index contributed by atoms with van der Waals surface area (Å²) in [5, 5.41) is 27.8. The largest absolute Gasteiger partial charge is 0.477 e. The van der Waals surface area contributed by atoms with Crippen molar-refractivity contribution in [1.29, 1.82) is 0 Å². The van der Waals surface area contributed by atoms with E-state index in [0.29, 0.717) is 25.1 Å². The lowest BCUT2D eigenvalue weighted by atomic mass is 10.0. The van der Waals surface area contributed by atoms with Gasteiger partial charge in [-0.3, -0.25) is 19.3 Å². The molecule has 5 rings (SSSR count). The van der Waals surface area contributed by atoms with E-state index in [0.717, 1.165) is 20.3 Å². The molecule has 1 fully saturated rings. The first kappa shape index (κ1) is 28.6. The van der Waals surface area contributed by atoms with Gasteiger partial charge in [-0.2, -0.15) is 0 Å². The molecule has 0 saturated carbocycles. The van der Waals surface area contributed by atoms with Crippen LogP contribution in [0, 0.1) is 0 Å². The fourth-order valence-electron chi connectivity index (χ4n) is 4.02. The van der Waals surface area contributed by atoms with Crippen LogP contribution in [-0.2, 0) is 20.9 Å². The van der Waals surface area contributed by atoms with Crippen molar-refractivity contribution in [3.8, 4) is 0 Å². The SMILES string of the molecule is NCc1c(SC=CC2=C(C(=O)O)N3C(=O)C(NC(=O)C(=NO)c4csc(N)n4)[C@@H]3SC2)sc2sc(Cl)cc2c1=O. The second kappa shape index (κ2) is 11.5. The number of nitrogens with one attached hydrogen (secondary N) is 1. The average Bonchev–Trinajstić information content (AvgIpc) is 3.52. The van der Waals surface area contributed by atoms with Crippen LogP contribution in [0.5, 0.6) is 0 Å². The molecule has 0 spiro atoms. The predicted molar refractivity (Wildman–Crippen MR) is 158 cm³/mol. The molecule has 208 valence electrons. The number of β-lactam (4-membered cyclic amide) rings is 1. The molecule has 2 aliphatic heterocycles. The number of rotatable bonds is 8. The highest BCUT2D eigenvalue weighted by Gasteiger charge is 2.54. The number of hydrogen-bond acceptors (Lipinski definition) is 14. The summed E-state index contributed by atoms with van der Waals surface area (Å²) in [4.78, 5) is 55.7. The number of nitrogens with zero attached hydrogens (tertiary/aromatic N) is 3. The minimum atomic E-state index is -1.30. The summed E-state index contributed by atoms with van der Waals surface area (Å²) < 4.78 is 1.92. The molecular formula is C22H17ClN6O6S5. The lowest BCUT2D eigenvalue weighted by molar-refractivity contribution is -0.150. The second-order valence-corrected chi connectivity index (χ2v) is 14.3. The lowest BCUT2D eigenvalue weighted by Gasteiger charge is -2.49. The van der Waals surface area contributed by atoms with Crippen molar-refractivity contribution >= 4 is 107 Å². The number of oxime groups is 1. The van der Waals surface area contributed by atoms with Crippen LogP contribution in [0.25, 0.3) is 9.40 Å². The Hall–Kier alpha value is -2.93. The number of carboxylic acid groups (broad SMARTS) is 1. The Kier molecular flexibility index (Phi) is 8.23. The quantitative estimate of drug-likeness (QED) is 0.0784. The Morgan fingerprint density at radius 3 is 2.77 bits per heavy atom. The third kappa shape index (κ3) is 5.13. The van der Waals surface area contributed by atoms with E-state index in [2.05, 4.69) is 15.5 Å². The second-order valence-electron chi connectivity index (χ2n) is 8.13. The van der Waals surface area contributed by atoms with Gasteiger partial charge >= 0.3 is 5.97 Å². The van der Waals surface area contributed by atoms with Gasteiger partial charge in [-0.25, -0.2) is 9.78 Å². The van der Waals surface area contributed by atoms with E-state index in [1.54, 1.807) is 17.6 Å². The standard InChI is InChI=1S/C22H17ClN6O6S5/c23-11-3-8-15(30)9(4-24)20(40-21(8)39-11)36-2-1-7-5-37-18-13(17(32)29(18)14(7)19(33)34)27-16(31)12(28-35)10-6-38-22(25)26-10/h1-3,6,13,18,35H,4-5,24H2,(H2,25,26)(H,27,31)(H,33,34)/t13?,18-/m0/s1. The van der Waals surface area contributed by atoms with Crippen molar-refractivity contribution in [2.24, 2.45) is 10.9 Å². The van der Waals surface area contributed by atoms with Crippen LogP contribution in [0.2, 0.25) is 4.34 Å². The Morgan fingerprint density at radius 2 is 2.12 bits per heavy atom. The number of carboxylic acids is 1. The number of anilines is 1. The van der Waals surface area contributed by atoms with Crippen molar-refractivity contribution < 1.29 is 24.7 Å².